The lowest BCUT2D eigenvalue weighted by atomic mass is 9.98. The molecule has 0 aliphatic rings. The highest BCUT2D eigenvalue weighted by molar-refractivity contribution is 6.30. The lowest BCUT2D eigenvalue weighted by molar-refractivity contribution is 0.627. The van der Waals surface area contributed by atoms with Gasteiger partial charge in [0.15, 0.2) is 0 Å². The second kappa shape index (κ2) is 6.05. The minimum atomic E-state index is -0.544. The van der Waals surface area contributed by atoms with Crippen LogP contribution in [0, 0.1) is 11.6 Å². The van der Waals surface area contributed by atoms with Crippen LogP contribution in [0.1, 0.15) is 18.9 Å². The molecular weight excluding hydrogens is 302 g/mol. The highest BCUT2D eigenvalue weighted by atomic mass is 35.5. The molecule has 0 N–H and O–H groups in total. The van der Waals surface area contributed by atoms with Crippen molar-refractivity contribution in [3.8, 4) is 11.1 Å². The molecule has 3 heteroatoms. The number of halogens is 3. The highest BCUT2D eigenvalue weighted by Crippen LogP contribution is 2.31. The average molecular weight is 317 g/mol. The zero-order valence-corrected chi connectivity index (χ0v) is 12.9. The molecule has 0 nitrogen and oxygen atoms in total. The Morgan fingerprint density at radius 2 is 1.77 bits per heavy atom. The van der Waals surface area contributed by atoms with E-state index in [9.17, 15) is 8.78 Å². The largest absolute Gasteiger partial charge is 0.206 e. The summed E-state index contributed by atoms with van der Waals surface area (Å²) in [4.78, 5) is 0. The minimum Gasteiger partial charge on any atom is -0.206 e. The molecule has 0 bridgehead atoms. The van der Waals surface area contributed by atoms with E-state index in [-0.39, 0.29) is 10.8 Å². The first-order valence-corrected chi connectivity index (χ1v) is 7.64. The number of rotatable bonds is 3. The van der Waals surface area contributed by atoms with Crippen LogP contribution in [0.4, 0.5) is 8.78 Å². The van der Waals surface area contributed by atoms with Gasteiger partial charge in [-0.05, 0) is 35.1 Å². The van der Waals surface area contributed by atoms with Crippen LogP contribution in [0.2, 0.25) is 5.02 Å². The van der Waals surface area contributed by atoms with Gasteiger partial charge in [0.05, 0.1) is 5.02 Å². The third-order valence-corrected chi connectivity index (χ3v) is 4.09. The molecule has 3 rings (SSSR count). The first-order chi connectivity index (χ1) is 10.6. The normalized spacial score (nSPS) is 11.1. The summed E-state index contributed by atoms with van der Waals surface area (Å²) in [6, 6.07) is 13.6. The Balaban J connectivity index is 2.13. The molecule has 3 aromatic carbocycles. The van der Waals surface area contributed by atoms with Gasteiger partial charge in [-0.2, -0.15) is 0 Å². The van der Waals surface area contributed by atoms with E-state index in [1.165, 1.54) is 17.7 Å². The molecule has 0 saturated heterocycles. The Bertz CT molecular complexity index is 840. The topological polar surface area (TPSA) is 0 Å². The van der Waals surface area contributed by atoms with Gasteiger partial charge in [-0.1, -0.05) is 61.3 Å². The van der Waals surface area contributed by atoms with Gasteiger partial charge in [0.2, 0.25) is 0 Å². The number of fused-ring (bicyclic) bond motifs is 1. The van der Waals surface area contributed by atoms with Gasteiger partial charge in [-0.3, -0.25) is 0 Å². The van der Waals surface area contributed by atoms with E-state index in [2.05, 4.69) is 6.92 Å². The van der Waals surface area contributed by atoms with E-state index < -0.39 is 5.82 Å². The smallest absolute Gasteiger partial charge is 0.142 e. The summed E-state index contributed by atoms with van der Waals surface area (Å²) < 4.78 is 28.3. The van der Waals surface area contributed by atoms with E-state index in [1.54, 1.807) is 18.2 Å². The quantitative estimate of drug-likeness (QED) is 0.525. The zero-order valence-electron chi connectivity index (χ0n) is 12.2. The molecule has 0 unspecified atom stereocenters. The van der Waals surface area contributed by atoms with Crippen LogP contribution in [0.3, 0.4) is 0 Å². The molecule has 0 saturated carbocycles. The second-order valence-electron chi connectivity index (χ2n) is 5.36. The molecule has 0 heterocycles. The Kier molecular flexibility index (Phi) is 4.12. The van der Waals surface area contributed by atoms with Crippen molar-refractivity contribution >= 4 is 22.4 Å². The van der Waals surface area contributed by atoms with Crippen LogP contribution >= 0.6 is 11.6 Å². The van der Waals surface area contributed by atoms with Gasteiger partial charge in [0.1, 0.15) is 11.6 Å². The molecule has 0 spiro atoms. The molecule has 3 aromatic rings. The molecule has 22 heavy (non-hydrogen) atoms. The SMILES string of the molecule is CCCc1ccc2c(F)c(-c3ccc(Cl)c(F)c3)ccc2c1. The van der Waals surface area contributed by atoms with Crippen LogP contribution < -0.4 is 0 Å². The molecule has 0 fully saturated rings. The minimum absolute atomic E-state index is 0.0363. The summed E-state index contributed by atoms with van der Waals surface area (Å²) in [5, 5.41) is 1.45. The zero-order chi connectivity index (χ0) is 15.7. The van der Waals surface area contributed by atoms with E-state index in [1.807, 2.05) is 18.2 Å². The average Bonchev–Trinajstić information content (AvgIpc) is 2.51. The Labute approximate surface area is 133 Å². The van der Waals surface area contributed by atoms with Gasteiger partial charge in [0, 0.05) is 10.9 Å². The predicted octanol–water partition coefficient (Wildman–Crippen LogP) is 6.39. The number of hydrogen-bond donors (Lipinski definition) is 0. The van der Waals surface area contributed by atoms with E-state index in [0.29, 0.717) is 16.5 Å². The van der Waals surface area contributed by atoms with Crippen LogP contribution in [0.5, 0.6) is 0 Å². The van der Waals surface area contributed by atoms with Crippen LogP contribution in [0.25, 0.3) is 21.9 Å². The monoisotopic (exact) mass is 316 g/mol. The van der Waals surface area contributed by atoms with Crippen LogP contribution in [0.15, 0.2) is 48.5 Å². The third-order valence-electron chi connectivity index (χ3n) is 3.79. The van der Waals surface area contributed by atoms with E-state index >= 15 is 0 Å². The third kappa shape index (κ3) is 2.71. The molecule has 0 aliphatic heterocycles. The maximum atomic E-state index is 14.7. The highest BCUT2D eigenvalue weighted by Gasteiger charge is 2.11. The first-order valence-electron chi connectivity index (χ1n) is 7.26. The van der Waals surface area contributed by atoms with Gasteiger partial charge >= 0.3 is 0 Å². The summed E-state index contributed by atoms with van der Waals surface area (Å²) in [6.45, 7) is 2.11. The van der Waals surface area contributed by atoms with E-state index in [4.69, 9.17) is 11.6 Å². The van der Waals surface area contributed by atoms with Crippen molar-refractivity contribution in [2.75, 3.05) is 0 Å². The summed E-state index contributed by atoms with van der Waals surface area (Å²) >= 11 is 5.68. The molecule has 0 aromatic heterocycles. The van der Waals surface area contributed by atoms with E-state index in [0.717, 1.165) is 18.2 Å². The Hall–Kier alpha value is -1.93. The number of hydrogen-bond acceptors (Lipinski definition) is 0. The van der Waals surface area contributed by atoms with Gasteiger partial charge in [-0.15, -0.1) is 0 Å². The lowest BCUT2D eigenvalue weighted by Crippen LogP contribution is -1.90. The Morgan fingerprint density at radius 3 is 2.50 bits per heavy atom. The molecule has 0 aliphatic carbocycles. The van der Waals surface area contributed by atoms with Gasteiger partial charge in [-0.25, -0.2) is 8.78 Å². The van der Waals surface area contributed by atoms with Crippen molar-refractivity contribution in [2.45, 2.75) is 19.8 Å². The van der Waals surface area contributed by atoms with Crippen LogP contribution in [-0.4, -0.2) is 0 Å². The van der Waals surface area contributed by atoms with Gasteiger partial charge < -0.3 is 0 Å². The summed E-state index contributed by atoms with van der Waals surface area (Å²) in [5.74, 6) is -0.876. The number of benzene rings is 3. The maximum absolute atomic E-state index is 14.7. The first kappa shape index (κ1) is 15.0. The molecular formula is C19H15ClF2. The van der Waals surface area contributed by atoms with Gasteiger partial charge in [0.25, 0.3) is 0 Å². The summed E-state index contributed by atoms with van der Waals surface area (Å²) in [7, 11) is 0. The summed E-state index contributed by atoms with van der Waals surface area (Å²) in [6.07, 6.45) is 2.03. The van der Waals surface area contributed by atoms with Crippen molar-refractivity contribution in [3.63, 3.8) is 0 Å². The van der Waals surface area contributed by atoms with Crippen molar-refractivity contribution in [2.24, 2.45) is 0 Å². The fourth-order valence-electron chi connectivity index (χ4n) is 2.67. The fraction of sp³-hybridized carbons (Fsp3) is 0.158. The second-order valence-corrected chi connectivity index (χ2v) is 5.77. The molecule has 0 atom stereocenters. The molecule has 112 valence electrons. The fourth-order valence-corrected chi connectivity index (χ4v) is 2.79. The van der Waals surface area contributed by atoms with Crippen LogP contribution in [-0.2, 0) is 6.42 Å². The standard InChI is InChI=1S/C19H15ClF2/c1-2-3-12-4-7-15-13(10-12)5-8-16(19(15)22)14-6-9-17(20)18(21)11-14/h4-11H,2-3H2,1H3. The molecule has 0 radical (unpaired) electrons. The maximum Gasteiger partial charge on any atom is 0.142 e. The van der Waals surface area contributed by atoms with Crippen molar-refractivity contribution in [1.82, 2.24) is 0 Å². The summed E-state index contributed by atoms with van der Waals surface area (Å²) in [5.41, 5.74) is 2.06. The molecule has 0 amide bonds. The predicted molar refractivity (Wildman–Crippen MR) is 88.3 cm³/mol. The van der Waals surface area contributed by atoms with Crippen molar-refractivity contribution in [3.05, 3.63) is 70.8 Å². The lowest BCUT2D eigenvalue weighted by Gasteiger charge is -2.09. The van der Waals surface area contributed by atoms with Crippen molar-refractivity contribution in [1.29, 1.82) is 0 Å². The Morgan fingerprint density at radius 1 is 0.955 bits per heavy atom. The van der Waals surface area contributed by atoms with Crippen molar-refractivity contribution < 1.29 is 8.78 Å². The number of aryl methyl sites for hydroxylation is 1.